The highest BCUT2D eigenvalue weighted by atomic mass is 35.5. The number of hydrogen-bond donors (Lipinski definition) is 1. The van der Waals surface area contributed by atoms with Crippen molar-refractivity contribution in [1.29, 1.82) is 0 Å². The Kier molecular flexibility index (Phi) is 3.08. The number of ether oxygens (including phenoxy) is 1. The number of pyridine rings is 1. The molecule has 16 heavy (non-hydrogen) atoms. The quantitative estimate of drug-likeness (QED) is 0.498. The average Bonchev–Trinajstić information content (AvgIpc) is 2.10. The summed E-state index contributed by atoms with van der Waals surface area (Å²) in [7, 11) is 0. The molecule has 0 saturated heterocycles. The van der Waals surface area contributed by atoms with Crippen molar-refractivity contribution in [2.24, 2.45) is 0 Å². The van der Waals surface area contributed by atoms with Crippen LogP contribution >= 0.6 is 11.6 Å². The standard InChI is InChI=1S/C6H3ClF3N3O3/c7-5-4(16-6(8,9)10)3(11)2(1-12-5)13(14)15/h1H,(H2,11,12). The Morgan fingerprint density at radius 1 is 1.56 bits per heavy atom. The van der Waals surface area contributed by atoms with Gasteiger partial charge in [0.2, 0.25) is 0 Å². The van der Waals surface area contributed by atoms with E-state index in [-0.39, 0.29) is 0 Å². The van der Waals surface area contributed by atoms with Crippen molar-refractivity contribution < 1.29 is 22.8 Å². The molecule has 0 aliphatic heterocycles. The molecular formula is C6H3ClF3N3O3. The van der Waals surface area contributed by atoms with Crippen LogP contribution in [0.1, 0.15) is 0 Å². The van der Waals surface area contributed by atoms with Crippen LogP contribution in [-0.4, -0.2) is 16.3 Å². The van der Waals surface area contributed by atoms with Crippen LogP contribution in [0.5, 0.6) is 5.75 Å². The van der Waals surface area contributed by atoms with Gasteiger partial charge in [-0.3, -0.25) is 10.1 Å². The van der Waals surface area contributed by atoms with Gasteiger partial charge in [0.05, 0.1) is 4.92 Å². The van der Waals surface area contributed by atoms with Crippen LogP contribution in [0, 0.1) is 10.1 Å². The largest absolute Gasteiger partial charge is 0.573 e. The van der Waals surface area contributed by atoms with Crippen molar-refractivity contribution in [2.45, 2.75) is 6.36 Å². The highest BCUT2D eigenvalue weighted by Crippen LogP contribution is 2.38. The van der Waals surface area contributed by atoms with E-state index in [0.29, 0.717) is 6.20 Å². The molecule has 0 aliphatic carbocycles. The summed E-state index contributed by atoms with van der Waals surface area (Å²) in [6.45, 7) is 0. The lowest BCUT2D eigenvalue weighted by Gasteiger charge is -2.11. The molecule has 0 fully saturated rings. The molecular weight excluding hydrogens is 255 g/mol. The molecule has 88 valence electrons. The van der Waals surface area contributed by atoms with Crippen molar-refractivity contribution in [3.05, 3.63) is 21.5 Å². The Hall–Kier alpha value is -1.77. The van der Waals surface area contributed by atoms with Crippen molar-refractivity contribution in [3.8, 4) is 5.75 Å². The van der Waals surface area contributed by atoms with E-state index in [1.807, 2.05) is 0 Å². The van der Waals surface area contributed by atoms with Gasteiger partial charge in [-0.2, -0.15) is 0 Å². The van der Waals surface area contributed by atoms with Gasteiger partial charge in [0.15, 0.2) is 16.6 Å². The summed E-state index contributed by atoms with van der Waals surface area (Å²) in [6, 6.07) is 0. The van der Waals surface area contributed by atoms with Crippen LogP contribution in [-0.2, 0) is 0 Å². The van der Waals surface area contributed by atoms with E-state index in [2.05, 4.69) is 9.72 Å². The fraction of sp³-hybridized carbons (Fsp3) is 0.167. The van der Waals surface area contributed by atoms with Crippen LogP contribution in [0.4, 0.5) is 24.5 Å². The first-order valence-corrected chi connectivity index (χ1v) is 3.94. The zero-order chi connectivity index (χ0) is 12.5. The maximum absolute atomic E-state index is 11.9. The smallest absolute Gasteiger partial charge is 0.400 e. The second-order valence-corrected chi connectivity index (χ2v) is 2.84. The summed E-state index contributed by atoms with van der Waals surface area (Å²) in [5, 5.41) is 9.65. The third kappa shape index (κ3) is 2.63. The lowest BCUT2D eigenvalue weighted by atomic mass is 10.3. The maximum atomic E-state index is 11.9. The van der Waals surface area contributed by atoms with E-state index in [1.54, 1.807) is 0 Å². The van der Waals surface area contributed by atoms with Gasteiger partial charge in [-0.05, 0) is 0 Å². The summed E-state index contributed by atoms with van der Waals surface area (Å²) >= 11 is 5.27. The summed E-state index contributed by atoms with van der Waals surface area (Å²) < 4.78 is 39.1. The number of alkyl halides is 3. The van der Waals surface area contributed by atoms with Crippen LogP contribution in [0.15, 0.2) is 6.20 Å². The highest BCUT2D eigenvalue weighted by Gasteiger charge is 2.35. The Morgan fingerprint density at radius 3 is 2.56 bits per heavy atom. The van der Waals surface area contributed by atoms with Gasteiger partial charge in [0.25, 0.3) is 0 Å². The number of hydrogen-bond acceptors (Lipinski definition) is 5. The van der Waals surface area contributed by atoms with E-state index < -0.39 is 33.6 Å². The molecule has 0 radical (unpaired) electrons. The molecule has 0 atom stereocenters. The Labute approximate surface area is 90.9 Å². The number of nitrogens with two attached hydrogens (primary N) is 1. The molecule has 10 heteroatoms. The molecule has 1 aromatic heterocycles. The Morgan fingerprint density at radius 2 is 2.12 bits per heavy atom. The zero-order valence-electron chi connectivity index (χ0n) is 7.29. The Bertz CT molecular complexity index is 437. The van der Waals surface area contributed by atoms with Gasteiger partial charge in [0, 0.05) is 0 Å². The molecule has 1 heterocycles. The van der Waals surface area contributed by atoms with Crippen LogP contribution < -0.4 is 10.5 Å². The minimum absolute atomic E-state index is 0.640. The number of nitro groups is 1. The monoisotopic (exact) mass is 257 g/mol. The number of nitrogens with zero attached hydrogens (tertiary/aromatic N) is 2. The predicted octanol–water partition coefficient (Wildman–Crippen LogP) is 2.12. The lowest BCUT2D eigenvalue weighted by Crippen LogP contribution is -2.19. The number of nitrogen functional groups attached to an aromatic ring is 1. The van der Waals surface area contributed by atoms with Crippen LogP contribution in [0.3, 0.4) is 0 Å². The van der Waals surface area contributed by atoms with Gasteiger partial charge in [-0.25, -0.2) is 4.98 Å². The number of aromatic nitrogens is 1. The fourth-order valence-corrected chi connectivity index (χ4v) is 1.02. The SMILES string of the molecule is Nc1c([N+](=O)[O-])cnc(Cl)c1OC(F)(F)F. The second kappa shape index (κ2) is 4.00. The van der Waals surface area contributed by atoms with Crippen molar-refractivity contribution in [2.75, 3.05) is 5.73 Å². The van der Waals surface area contributed by atoms with E-state index >= 15 is 0 Å². The minimum atomic E-state index is -5.06. The molecule has 0 bridgehead atoms. The van der Waals surface area contributed by atoms with E-state index in [1.165, 1.54) is 0 Å². The van der Waals surface area contributed by atoms with Crippen molar-refractivity contribution in [3.63, 3.8) is 0 Å². The molecule has 0 aliphatic rings. The summed E-state index contributed by atoms with van der Waals surface area (Å²) in [6.07, 6.45) is -4.42. The number of halogens is 4. The van der Waals surface area contributed by atoms with Gasteiger partial charge in [0.1, 0.15) is 6.20 Å². The minimum Gasteiger partial charge on any atom is -0.400 e. The topological polar surface area (TPSA) is 91.3 Å². The second-order valence-electron chi connectivity index (χ2n) is 2.48. The molecule has 2 N–H and O–H groups in total. The molecule has 1 rings (SSSR count). The summed E-state index contributed by atoms with van der Waals surface area (Å²) in [5.74, 6) is -1.08. The molecule has 1 aromatic rings. The van der Waals surface area contributed by atoms with E-state index in [9.17, 15) is 23.3 Å². The van der Waals surface area contributed by atoms with Crippen molar-refractivity contribution >= 4 is 23.0 Å². The third-order valence-corrected chi connectivity index (χ3v) is 1.69. The highest BCUT2D eigenvalue weighted by molar-refractivity contribution is 6.31. The third-order valence-electron chi connectivity index (χ3n) is 1.42. The van der Waals surface area contributed by atoms with E-state index in [4.69, 9.17) is 17.3 Å². The van der Waals surface area contributed by atoms with Gasteiger partial charge < -0.3 is 10.5 Å². The molecule has 6 nitrogen and oxygen atoms in total. The molecule has 0 spiro atoms. The lowest BCUT2D eigenvalue weighted by molar-refractivity contribution is -0.384. The van der Waals surface area contributed by atoms with Gasteiger partial charge in [-0.15, -0.1) is 13.2 Å². The summed E-state index contributed by atoms with van der Waals surface area (Å²) in [4.78, 5) is 12.5. The maximum Gasteiger partial charge on any atom is 0.573 e. The van der Waals surface area contributed by atoms with E-state index in [0.717, 1.165) is 0 Å². The fourth-order valence-electron chi connectivity index (χ4n) is 0.832. The molecule has 0 aromatic carbocycles. The average molecular weight is 258 g/mol. The summed E-state index contributed by atoms with van der Waals surface area (Å²) in [5.41, 5.74) is 3.45. The van der Waals surface area contributed by atoms with Crippen LogP contribution in [0.25, 0.3) is 0 Å². The van der Waals surface area contributed by atoms with Crippen molar-refractivity contribution in [1.82, 2.24) is 4.98 Å². The van der Waals surface area contributed by atoms with Gasteiger partial charge in [-0.1, -0.05) is 11.6 Å². The Balaban J connectivity index is 3.27. The molecule has 0 unspecified atom stereocenters. The number of rotatable bonds is 2. The molecule has 0 saturated carbocycles. The predicted molar refractivity (Wildman–Crippen MR) is 47.0 cm³/mol. The normalized spacial score (nSPS) is 11.2. The van der Waals surface area contributed by atoms with Gasteiger partial charge >= 0.3 is 12.0 Å². The number of anilines is 1. The first-order valence-electron chi connectivity index (χ1n) is 3.56. The zero-order valence-corrected chi connectivity index (χ0v) is 8.04. The molecule has 0 amide bonds. The first-order chi connectivity index (χ1) is 7.22. The first kappa shape index (κ1) is 12.3. The van der Waals surface area contributed by atoms with Crippen LogP contribution in [0.2, 0.25) is 5.15 Å².